The summed E-state index contributed by atoms with van der Waals surface area (Å²) in [5.74, 6) is 0.271. The van der Waals surface area contributed by atoms with Gasteiger partial charge in [0.15, 0.2) is 0 Å². The first kappa shape index (κ1) is 8.03. The van der Waals surface area contributed by atoms with Gasteiger partial charge in [-0.3, -0.25) is 0 Å². The number of nitriles is 1. The Morgan fingerprint density at radius 1 is 1.73 bits per heavy atom. The van der Waals surface area contributed by atoms with Crippen molar-refractivity contribution in [2.45, 2.75) is 13.3 Å². The number of allylic oxidation sites excluding steroid dienone is 3. The zero-order valence-electron chi connectivity index (χ0n) is 6.54. The van der Waals surface area contributed by atoms with Crippen molar-refractivity contribution in [3.63, 3.8) is 0 Å². The molecule has 1 aliphatic carbocycles. The quantitative estimate of drug-likeness (QED) is 0.612. The van der Waals surface area contributed by atoms with Crippen LogP contribution in [0.2, 0.25) is 0 Å². The molecule has 1 rings (SSSR count). The Bertz CT molecular complexity index is 245. The lowest BCUT2D eigenvalue weighted by atomic mass is 9.90. The maximum atomic E-state index is 8.79. The van der Waals surface area contributed by atoms with Crippen LogP contribution in [-0.4, -0.2) is 11.7 Å². The SMILES string of the molecule is CC1CC(CO)=CC=C1C#N. The summed E-state index contributed by atoms with van der Waals surface area (Å²) in [6, 6.07) is 2.13. The van der Waals surface area contributed by atoms with E-state index in [1.807, 2.05) is 13.0 Å². The van der Waals surface area contributed by atoms with Crippen LogP contribution in [0.4, 0.5) is 0 Å². The van der Waals surface area contributed by atoms with Gasteiger partial charge in [0.2, 0.25) is 0 Å². The van der Waals surface area contributed by atoms with Crippen LogP contribution in [0.25, 0.3) is 0 Å². The summed E-state index contributed by atoms with van der Waals surface area (Å²) in [5.41, 5.74) is 1.82. The van der Waals surface area contributed by atoms with Crippen molar-refractivity contribution in [2.75, 3.05) is 6.61 Å². The summed E-state index contributed by atoms with van der Waals surface area (Å²) < 4.78 is 0. The molecule has 2 heteroatoms. The van der Waals surface area contributed by atoms with Gasteiger partial charge in [-0.2, -0.15) is 5.26 Å². The van der Waals surface area contributed by atoms with Crippen molar-refractivity contribution in [3.05, 3.63) is 23.3 Å². The molecule has 1 atom stereocenters. The van der Waals surface area contributed by atoms with Gasteiger partial charge in [-0.1, -0.05) is 13.0 Å². The number of rotatable bonds is 1. The molecule has 11 heavy (non-hydrogen) atoms. The molecule has 0 spiro atoms. The van der Waals surface area contributed by atoms with Gasteiger partial charge in [0, 0.05) is 5.57 Å². The molecule has 2 nitrogen and oxygen atoms in total. The summed E-state index contributed by atoms with van der Waals surface area (Å²) in [5, 5.41) is 17.4. The Balaban J connectivity index is 2.79. The van der Waals surface area contributed by atoms with Gasteiger partial charge < -0.3 is 5.11 Å². The van der Waals surface area contributed by atoms with Gasteiger partial charge in [-0.25, -0.2) is 0 Å². The van der Waals surface area contributed by atoms with Crippen molar-refractivity contribution in [3.8, 4) is 6.07 Å². The zero-order chi connectivity index (χ0) is 8.27. The van der Waals surface area contributed by atoms with Gasteiger partial charge in [-0.05, 0) is 24.0 Å². The van der Waals surface area contributed by atoms with Crippen LogP contribution in [0.1, 0.15) is 13.3 Å². The molecule has 1 unspecified atom stereocenters. The van der Waals surface area contributed by atoms with E-state index in [4.69, 9.17) is 10.4 Å². The molecule has 0 saturated heterocycles. The number of nitrogens with zero attached hydrogens (tertiary/aromatic N) is 1. The van der Waals surface area contributed by atoms with Crippen molar-refractivity contribution >= 4 is 0 Å². The minimum absolute atomic E-state index is 0.111. The van der Waals surface area contributed by atoms with E-state index in [1.165, 1.54) is 0 Å². The third-order valence-electron chi connectivity index (χ3n) is 1.93. The van der Waals surface area contributed by atoms with Crippen molar-refractivity contribution in [1.82, 2.24) is 0 Å². The minimum atomic E-state index is 0.111. The molecule has 1 aliphatic rings. The summed E-state index contributed by atoms with van der Waals surface area (Å²) in [6.07, 6.45) is 4.44. The maximum Gasteiger partial charge on any atom is 0.0950 e. The van der Waals surface area contributed by atoms with Crippen LogP contribution in [0.15, 0.2) is 23.3 Å². The Labute approximate surface area is 66.5 Å². The second-order valence-electron chi connectivity index (χ2n) is 2.82. The zero-order valence-corrected chi connectivity index (χ0v) is 6.54. The monoisotopic (exact) mass is 149 g/mol. The van der Waals surface area contributed by atoms with E-state index in [0.717, 1.165) is 17.6 Å². The van der Waals surface area contributed by atoms with Crippen molar-refractivity contribution < 1.29 is 5.11 Å². The first-order valence-electron chi connectivity index (χ1n) is 3.68. The van der Waals surface area contributed by atoms with Crippen molar-refractivity contribution in [2.24, 2.45) is 5.92 Å². The molecule has 0 fully saturated rings. The molecular weight excluding hydrogens is 138 g/mol. The Morgan fingerprint density at radius 3 is 2.91 bits per heavy atom. The van der Waals surface area contributed by atoms with E-state index in [1.54, 1.807) is 6.08 Å². The highest BCUT2D eigenvalue weighted by molar-refractivity contribution is 5.34. The van der Waals surface area contributed by atoms with Gasteiger partial charge in [0.25, 0.3) is 0 Å². The van der Waals surface area contributed by atoms with E-state index in [0.29, 0.717) is 0 Å². The highest BCUT2D eigenvalue weighted by Gasteiger charge is 2.13. The highest BCUT2D eigenvalue weighted by Crippen LogP contribution is 2.23. The largest absolute Gasteiger partial charge is 0.392 e. The van der Waals surface area contributed by atoms with Crippen LogP contribution in [0.3, 0.4) is 0 Å². The molecule has 58 valence electrons. The molecule has 0 heterocycles. The standard InChI is InChI=1S/C9H11NO/c1-7-4-8(6-11)2-3-9(7)5-10/h2-3,7,11H,4,6H2,1H3. The fourth-order valence-electron chi connectivity index (χ4n) is 1.21. The summed E-state index contributed by atoms with van der Waals surface area (Å²) in [7, 11) is 0. The van der Waals surface area contributed by atoms with Gasteiger partial charge >= 0.3 is 0 Å². The van der Waals surface area contributed by atoms with E-state index in [-0.39, 0.29) is 12.5 Å². The lowest BCUT2D eigenvalue weighted by molar-refractivity contribution is 0.322. The Hall–Kier alpha value is -1.07. The molecule has 0 amide bonds. The Kier molecular flexibility index (Phi) is 2.45. The normalized spacial score (nSPS) is 23.5. The van der Waals surface area contributed by atoms with E-state index in [9.17, 15) is 0 Å². The van der Waals surface area contributed by atoms with Gasteiger partial charge in [0.1, 0.15) is 0 Å². The molecule has 0 saturated carbocycles. The molecule has 0 aromatic heterocycles. The predicted octanol–water partition coefficient (Wildman–Crippen LogP) is 1.39. The number of aliphatic hydroxyl groups is 1. The van der Waals surface area contributed by atoms with Crippen LogP contribution >= 0.6 is 0 Å². The third-order valence-corrected chi connectivity index (χ3v) is 1.93. The second kappa shape index (κ2) is 3.36. The fourth-order valence-corrected chi connectivity index (χ4v) is 1.21. The highest BCUT2D eigenvalue weighted by atomic mass is 16.3. The summed E-state index contributed by atoms with van der Waals surface area (Å²) >= 11 is 0. The van der Waals surface area contributed by atoms with Crippen molar-refractivity contribution in [1.29, 1.82) is 5.26 Å². The first-order valence-corrected chi connectivity index (χ1v) is 3.68. The number of aliphatic hydroxyl groups excluding tert-OH is 1. The summed E-state index contributed by atoms with van der Waals surface area (Å²) in [6.45, 7) is 2.11. The molecule has 0 bridgehead atoms. The van der Waals surface area contributed by atoms with Gasteiger partial charge in [0.05, 0.1) is 12.7 Å². The fraction of sp³-hybridized carbons (Fsp3) is 0.444. The minimum Gasteiger partial charge on any atom is -0.392 e. The third kappa shape index (κ3) is 1.69. The van der Waals surface area contributed by atoms with E-state index < -0.39 is 0 Å². The van der Waals surface area contributed by atoms with Crippen LogP contribution < -0.4 is 0 Å². The lowest BCUT2D eigenvalue weighted by Crippen LogP contribution is -2.06. The number of hydrogen-bond donors (Lipinski definition) is 1. The van der Waals surface area contributed by atoms with E-state index >= 15 is 0 Å². The average molecular weight is 149 g/mol. The molecule has 1 N–H and O–H groups in total. The lowest BCUT2D eigenvalue weighted by Gasteiger charge is -2.15. The van der Waals surface area contributed by atoms with Crippen LogP contribution in [0, 0.1) is 17.2 Å². The first-order chi connectivity index (χ1) is 5.27. The molecule has 0 aromatic carbocycles. The molecule has 0 radical (unpaired) electrons. The van der Waals surface area contributed by atoms with Crippen LogP contribution in [-0.2, 0) is 0 Å². The van der Waals surface area contributed by atoms with Gasteiger partial charge in [-0.15, -0.1) is 0 Å². The molecule has 0 aromatic rings. The Morgan fingerprint density at radius 2 is 2.45 bits per heavy atom. The number of hydrogen-bond acceptors (Lipinski definition) is 2. The molecule has 0 aliphatic heterocycles. The maximum absolute atomic E-state index is 8.79. The average Bonchev–Trinajstić information content (AvgIpc) is 2.04. The predicted molar refractivity (Wildman–Crippen MR) is 42.6 cm³/mol. The smallest absolute Gasteiger partial charge is 0.0950 e. The topological polar surface area (TPSA) is 44.0 Å². The van der Waals surface area contributed by atoms with E-state index in [2.05, 4.69) is 6.07 Å². The molecular formula is C9H11NO. The van der Waals surface area contributed by atoms with Crippen LogP contribution in [0.5, 0.6) is 0 Å². The summed E-state index contributed by atoms with van der Waals surface area (Å²) in [4.78, 5) is 0. The second-order valence-corrected chi connectivity index (χ2v) is 2.82.